The van der Waals surface area contributed by atoms with Gasteiger partial charge in [-0.3, -0.25) is 15.2 Å². The number of nitrogens with zero attached hydrogens (tertiary/aromatic N) is 4. The van der Waals surface area contributed by atoms with E-state index in [1.165, 1.54) is 16.8 Å². The molecule has 2 aliphatic rings. The molecule has 192 valence electrons. The van der Waals surface area contributed by atoms with Crippen molar-refractivity contribution in [1.29, 1.82) is 5.41 Å². The number of carbonyl (C=O) groups excluding carboxylic acids is 1. The van der Waals surface area contributed by atoms with E-state index in [-0.39, 0.29) is 11.4 Å². The number of amidine groups is 2. The van der Waals surface area contributed by atoms with E-state index in [1.54, 1.807) is 36.7 Å². The molecule has 0 bridgehead atoms. The molecule has 0 atom stereocenters. The van der Waals surface area contributed by atoms with Crippen molar-refractivity contribution in [2.45, 2.75) is 13.3 Å². The van der Waals surface area contributed by atoms with Gasteiger partial charge < -0.3 is 14.2 Å². The molecule has 2 aromatic carbocycles. The second kappa shape index (κ2) is 11.7. The number of aliphatic imine (C=N–C) groups is 1. The molecule has 0 radical (unpaired) electrons. The molecule has 1 aromatic heterocycles. The second-order valence-corrected chi connectivity index (χ2v) is 9.13. The van der Waals surface area contributed by atoms with Crippen molar-refractivity contribution in [3.63, 3.8) is 0 Å². The maximum atomic E-state index is 12.8. The number of nitrogens with one attached hydrogen (secondary N) is 1. The van der Waals surface area contributed by atoms with Crippen LogP contribution in [-0.2, 0) is 4.79 Å². The highest BCUT2D eigenvalue weighted by Crippen LogP contribution is 2.33. The van der Waals surface area contributed by atoms with Gasteiger partial charge in [-0.1, -0.05) is 24.3 Å². The summed E-state index contributed by atoms with van der Waals surface area (Å²) in [5.74, 6) is 1.45. The molecule has 5 rings (SSSR count). The summed E-state index contributed by atoms with van der Waals surface area (Å²) in [6, 6.07) is 18.7. The minimum atomic E-state index is -0.493. The molecule has 10 heteroatoms. The Morgan fingerprint density at radius 2 is 1.84 bits per heavy atom. The fraction of sp³-hybridized carbons (Fsp3) is 0.179. The number of ether oxygens (including phenoxy) is 3. The fourth-order valence-corrected chi connectivity index (χ4v) is 4.60. The predicted octanol–water partition coefficient (Wildman–Crippen LogP) is 5.00. The van der Waals surface area contributed by atoms with Crippen molar-refractivity contribution in [2.75, 3.05) is 19.8 Å². The van der Waals surface area contributed by atoms with Gasteiger partial charge in [0.1, 0.15) is 10.8 Å². The van der Waals surface area contributed by atoms with E-state index >= 15 is 0 Å². The molecule has 0 unspecified atom stereocenters. The van der Waals surface area contributed by atoms with E-state index in [0.717, 1.165) is 11.3 Å². The Morgan fingerprint density at radius 1 is 1.00 bits per heavy atom. The summed E-state index contributed by atoms with van der Waals surface area (Å²) in [7, 11) is 0. The smallest absolute Gasteiger partial charge is 0.283 e. The van der Waals surface area contributed by atoms with Crippen molar-refractivity contribution in [1.82, 2.24) is 9.99 Å². The number of benzene rings is 2. The molecule has 2 aliphatic heterocycles. The molecular formula is C28H25N5O4S. The first kappa shape index (κ1) is 25.2. The Morgan fingerprint density at radius 3 is 2.63 bits per heavy atom. The van der Waals surface area contributed by atoms with Gasteiger partial charge in [0.25, 0.3) is 5.91 Å². The Labute approximate surface area is 224 Å². The molecule has 1 amide bonds. The third kappa shape index (κ3) is 5.76. The number of amides is 1. The van der Waals surface area contributed by atoms with Crippen molar-refractivity contribution in [2.24, 2.45) is 10.1 Å². The maximum Gasteiger partial charge on any atom is 0.283 e. The molecule has 0 aliphatic carbocycles. The lowest BCUT2D eigenvalue weighted by molar-refractivity contribution is -0.114. The van der Waals surface area contributed by atoms with Crippen molar-refractivity contribution >= 4 is 39.8 Å². The fourth-order valence-electron chi connectivity index (χ4n) is 3.71. The quantitative estimate of drug-likeness (QED) is 0.292. The Bertz CT molecular complexity index is 1420. The average molecular weight is 528 g/mol. The number of hydrogen-bond acceptors (Lipinski definition) is 8. The summed E-state index contributed by atoms with van der Waals surface area (Å²) in [4.78, 5) is 21.1. The minimum absolute atomic E-state index is 0.0388. The summed E-state index contributed by atoms with van der Waals surface area (Å²) in [5, 5.41) is 15.5. The van der Waals surface area contributed by atoms with Crippen LogP contribution in [0.25, 0.3) is 6.08 Å². The zero-order chi connectivity index (χ0) is 26.3. The van der Waals surface area contributed by atoms with E-state index in [9.17, 15) is 4.79 Å². The standard InChI is InChI=1S/C28H25N5O4S/c1-2-35-24-17-19(11-12-23(24)37-15-7-14-36-21-9-4-3-5-10-21)16-22-25(29)33-28(31-26(22)34)38-27(32-33)20-8-6-13-30-18-20/h3-6,8-13,16-18,29H,2,7,14-15H2,1H3/b22-16-,29-25?. The molecule has 3 heterocycles. The minimum Gasteiger partial charge on any atom is -0.493 e. The van der Waals surface area contributed by atoms with Gasteiger partial charge in [0.05, 0.1) is 25.4 Å². The van der Waals surface area contributed by atoms with Gasteiger partial charge in [-0.05, 0) is 66.7 Å². The van der Waals surface area contributed by atoms with Gasteiger partial charge >= 0.3 is 0 Å². The Hall–Kier alpha value is -4.44. The molecular weight excluding hydrogens is 502 g/mol. The van der Waals surface area contributed by atoms with Crippen LogP contribution in [0, 0.1) is 5.41 Å². The lowest BCUT2D eigenvalue weighted by atomic mass is 10.1. The first-order chi connectivity index (χ1) is 18.6. The Kier molecular flexibility index (Phi) is 7.79. The predicted molar refractivity (Wildman–Crippen MR) is 148 cm³/mol. The molecule has 1 N–H and O–H groups in total. The van der Waals surface area contributed by atoms with E-state index in [4.69, 9.17) is 19.6 Å². The topological polar surface area (TPSA) is 109 Å². The maximum absolute atomic E-state index is 12.8. The summed E-state index contributed by atoms with van der Waals surface area (Å²) in [5.41, 5.74) is 1.62. The Balaban J connectivity index is 1.27. The zero-order valence-corrected chi connectivity index (χ0v) is 21.5. The number of carbonyl (C=O) groups is 1. The van der Waals surface area contributed by atoms with E-state index in [1.807, 2.05) is 49.4 Å². The van der Waals surface area contributed by atoms with Gasteiger partial charge in [-0.2, -0.15) is 15.1 Å². The van der Waals surface area contributed by atoms with Crippen LogP contribution in [0.5, 0.6) is 17.2 Å². The van der Waals surface area contributed by atoms with Crippen LogP contribution in [0.4, 0.5) is 0 Å². The highest BCUT2D eigenvalue weighted by Gasteiger charge is 2.36. The third-order valence-electron chi connectivity index (χ3n) is 5.50. The second-order valence-electron chi connectivity index (χ2n) is 8.17. The lowest BCUT2D eigenvalue weighted by Crippen LogP contribution is -2.35. The summed E-state index contributed by atoms with van der Waals surface area (Å²) in [6.45, 7) is 3.33. The SMILES string of the molecule is CCOc1cc(/C=C2/C(=N)N3N=C(c4cccnc4)SC3=NC2=O)ccc1OCCCOc1ccccc1. The normalized spacial score (nSPS) is 15.7. The summed E-state index contributed by atoms with van der Waals surface area (Å²) in [6.07, 6.45) is 5.68. The number of hydrazone groups is 1. The van der Waals surface area contributed by atoms with E-state index < -0.39 is 5.91 Å². The van der Waals surface area contributed by atoms with Crippen molar-refractivity contribution < 1.29 is 19.0 Å². The average Bonchev–Trinajstić information content (AvgIpc) is 3.37. The molecule has 9 nitrogen and oxygen atoms in total. The molecule has 0 fully saturated rings. The van der Waals surface area contributed by atoms with Crippen LogP contribution < -0.4 is 14.2 Å². The number of thioether (sulfide) groups is 1. The van der Waals surface area contributed by atoms with Crippen molar-refractivity contribution in [3.8, 4) is 17.2 Å². The highest BCUT2D eigenvalue weighted by atomic mass is 32.2. The largest absolute Gasteiger partial charge is 0.493 e. The van der Waals surface area contributed by atoms with Crippen molar-refractivity contribution in [3.05, 3.63) is 89.8 Å². The summed E-state index contributed by atoms with van der Waals surface area (Å²) >= 11 is 1.24. The van der Waals surface area contributed by atoms with Gasteiger partial charge in [0, 0.05) is 24.4 Å². The van der Waals surface area contributed by atoms with Gasteiger partial charge in [-0.25, -0.2) is 0 Å². The molecule has 3 aromatic rings. The van der Waals surface area contributed by atoms with Crippen LogP contribution in [0.15, 0.2) is 88.7 Å². The van der Waals surface area contributed by atoms with Gasteiger partial charge in [0.15, 0.2) is 17.3 Å². The van der Waals surface area contributed by atoms with Crippen LogP contribution in [0.2, 0.25) is 0 Å². The molecule has 0 spiro atoms. The molecule has 0 saturated heterocycles. The first-order valence-corrected chi connectivity index (χ1v) is 12.9. The van der Waals surface area contributed by atoms with Crippen LogP contribution >= 0.6 is 11.8 Å². The van der Waals surface area contributed by atoms with E-state index in [2.05, 4.69) is 15.1 Å². The number of rotatable bonds is 10. The number of hydrogen-bond donors (Lipinski definition) is 1. The lowest BCUT2D eigenvalue weighted by Gasteiger charge is -2.20. The molecule has 38 heavy (non-hydrogen) atoms. The third-order valence-corrected chi connectivity index (χ3v) is 6.46. The van der Waals surface area contributed by atoms with Crippen LogP contribution in [0.3, 0.4) is 0 Å². The zero-order valence-electron chi connectivity index (χ0n) is 20.7. The van der Waals surface area contributed by atoms with Crippen LogP contribution in [0.1, 0.15) is 24.5 Å². The van der Waals surface area contributed by atoms with Gasteiger partial charge in [-0.15, -0.1) is 0 Å². The highest BCUT2D eigenvalue weighted by molar-refractivity contribution is 8.27. The number of fused-ring (bicyclic) bond motifs is 1. The number of aromatic nitrogens is 1. The number of para-hydroxylation sites is 1. The number of pyridine rings is 1. The first-order valence-electron chi connectivity index (χ1n) is 12.1. The van der Waals surface area contributed by atoms with Crippen LogP contribution in [-0.4, -0.2) is 51.8 Å². The molecule has 0 saturated carbocycles. The monoisotopic (exact) mass is 527 g/mol. The van der Waals surface area contributed by atoms with E-state index in [0.29, 0.717) is 53.5 Å². The summed E-state index contributed by atoms with van der Waals surface area (Å²) < 4.78 is 17.4. The van der Waals surface area contributed by atoms with Gasteiger partial charge in [0.2, 0.25) is 5.17 Å².